The molecule has 7 nitrogen and oxygen atoms in total. The third kappa shape index (κ3) is 5.28. The second-order valence-corrected chi connectivity index (χ2v) is 6.95. The summed E-state index contributed by atoms with van der Waals surface area (Å²) in [7, 11) is 4.61. The van der Waals surface area contributed by atoms with Gasteiger partial charge in [-0.2, -0.15) is 0 Å². The van der Waals surface area contributed by atoms with Crippen LogP contribution in [0, 0.1) is 3.57 Å². The molecule has 0 atom stereocenters. The fraction of sp³-hybridized carbons (Fsp3) is 0.300. The quantitative estimate of drug-likeness (QED) is 0.565. The van der Waals surface area contributed by atoms with Gasteiger partial charge in [-0.15, -0.1) is 0 Å². The van der Waals surface area contributed by atoms with Gasteiger partial charge in [0, 0.05) is 21.9 Å². The number of carbonyl (C=O) groups excluding carboxylic acids is 2. The van der Waals surface area contributed by atoms with Crippen LogP contribution >= 0.6 is 22.6 Å². The van der Waals surface area contributed by atoms with Crippen molar-refractivity contribution in [2.45, 2.75) is 6.92 Å². The van der Waals surface area contributed by atoms with Gasteiger partial charge in [0.25, 0.3) is 5.91 Å². The standard InChI is InChI=1S/C20H23IN2O5/c1-5-23(12-19(24)22-13-7-6-8-14(9-13)26-2)20(25)15-10-17(27-3)18(28-4)11-16(15)21/h6-11H,5,12H2,1-4H3,(H,22,24). The number of benzene rings is 2. The Morgan fingerprint density at radius 2 is 1.71 bits per heavy atom. The van der Waals surface area contributed by atoms with Crippen LogP contribution in [0.2, 0.25) is 0 Å². The van der Waals surface area contributed by atoms with Crippen molar-refractivity contribution in [3.63, 3.8) is 0 Å². The number of nitrogens with zero attached hydrogens (tertiary/aromatic N) is 1. The van der Waals surface area contributed by atoms with E-state index in [9.17, 15) is 9.59 Å². The SMILES string of the molecule is CCN(CC(=O)Nc1cccc(OC)c1)C(=O)c1cc(OC)c(OC)cc1I. The number of hydrogen-bond acceptors (Lipinski definition) is 5. The van der Waals surface area contributed by atoms with Crippen LogP contribution in [0.25, 0.3) is 0 Å². The first-order valence-corrected chi connectivity index (χ1v) is 9.66. The highest BCUT2D eigenvalue weighted by Crippen LogP contribution is 2.32. The molecule has 0 unspecified atom stereocenters. The van der Waals surface area contributed by atoms with E-state index < -0.39 is 0 Å². The number of halogens is 1. The third-order valence-corrected chi connectivity index (χ3v) is 4.95. The molecule has 2 aromatic carbocycles. The van der Waals surface area contributed by atoms with E-state index >= 15 is 0 Å². The molecular formula is C20H23IN2O5. The summed E-state index contributed by atoms with van der Waals surface area (Å²) in [6.07, 6.45) is 0. The summed E-state index contributed by atoms with van der Waals surface area (Å²) in [5, 5.41) is 2.78. The van der Waals surface area contributed by atoms with Gasteiger partial charge in [-0.3, -0.25) is 9.59 Å². The van der Waals surface area contributed by atoms with Crippen LogP contribution in [-0.2, 0) is 4.79 Å². The molecule has 0 aliphatic heterocycles. The second-order valence-electron chi connectivity index (χ2n) is 5.79. The van der Waals surface area contributed by atoms with E-state index in [1.54, 1.807) is 43.5 Å². The maximum absolute atomic E-state index is 13.0. The molecule has 0 spiro atoms. The molecule has 2 rings (SSSR count). The zero-order valence-corrected chi connectivity index (χ0v) is 18.4. The van der Waals surface area contributed by atoms with Crippen LogP contribution < -0.4 is 19.5 Å². The van der Waals surface area contributed by atoms with Crippen molar-refractivity contribution in [1.82, 2.24) is 4.90 Å². The normalized spacial score (nSPS) is 10.2. The highest BCUT2D eigenvalue weighted by atomic mass is 127. The average Bonchev–Trinajstić information content (AvgIpc) is 2.71. The summed E-state index contributed by atoms with van der Waals surface area (Å²) in [6, 6.07) is 10.4. The van der Waals surface area contributed by atoms with E-state index in [0.29, 0.717) is 38.6 Å². The number of hydrogen-bond donors (Lipinski definition) is 1. The van der Waals surface area contributed by atoms with Crippen LogP contribution in [0.4, 0.5) is 5.69 Å². The van der Waals surface area contributed by atoms with Crippen molar-refractivity contribution in [3.8, 4) is 17.2 Å². The van der Waals surface area contributed by atoms with Crippen molar-refractivity contribution in [2.75, 3.05) is 39.7 Å². The van der Waals surface area contributed by atoms with Gasteiger partial charge >= 0.3 is 0 Å². The minimum Gasteiger partial charge on any atom is -0.497 e. The zero-order chi connectivity index (χ0) is 20.7. The molecule has 150 valence electrons. The first-order chi connectivity index (χ1) is 13.4. The molecular weight excluding hydrogens is 475 g/mol. The summed E-state index contributed by atoms with van der Waals surface area (Å²) < 4.78 is 16.4. The fourth-order valence-electron chi connectivity index (χ4n) is 2.59. The molecule has 28 heavy (non-hydrogen) atoms. The van der Waals surface area contributed by atoms with Crippen LogP contribution in [0.5, 0.6) is 17.2 Å². The Kier molecular flexibility index (Phi) is 7.91. The number of carbonyl (C=O) groups is 2. The summed E-state index contributed by atoms with van der Waals surface area (Å²) >= 11 is 2.07. The van der Waals surface area contributed by atoms with Gasteiger partial charge in [0.15, 0.2) is 11.5 Å². The van der Waals surface area contributed by atoms with Crippen molar-refractivity contribution in [1.29, 1.82) is 0 Å². The zero-order valence-electron chi connectivity index (χ0n) is 16.2. The van der Waals surface area contributed by atoms with Crippen molar-refractivity contribution in [2.24, 2.45) is 0 Å². The van der Waals surface area contributed by atoms with Gasteiger partial charge < -0.3 is 24.4 Å². The highest BCUT2D eigenvalue weighted by Gasteiger charge is 2.22. The Bertz CT molecular complexity index is 856. The number of methoxy groups -OCH3 is 3. The Hall–Kier alpha value is -2.49. The second kappa shape index (κ2) is 10.2. The van der Waals surface area contributed by atoms with Crippen LogP contribution in [-0.4, -0.2) is 51.1 Å². The van der Waals surface area contributed by atoms with Crippen molar-refractivity contribution >= 4 is 40.1 Å². The van der Waals surface area contributed by atoms with Crippen LogP contribution in [0.1, 0.15) is 17.3 Å². The molecule has 1 N–H and O–H groups in total. The van der Waals surface area contributed by atoms with Crippen LogP contribution in [0.15, 0.2) is 36.4 Å². The minimum absolute atomic E-state index is 0.0725. The molecule has 0 aliphatic rings. The smallest absolute Gasteiger partial charge is 0.255 e. The monoisotopic (exact) mass is 498 g/mol. The number of ether oxygens (including phenoxy) is 3. The molecule has 2 aromatic rings. The number of rotatable bonds is 8. The maximum Gasteiger partial charge on any atom is 0.255 e. The number of amides is 2. The lowest BCUT2D eigenvalue weighted by Gasteiger charge is -2.22. The first kappa shape index (κ1) is 21.8. The Morgan fingerprint density at radius 3 is 2.32 bits per heavy atom. The van der Waals surface area contributed by atoms with Gasteiger partial charge in [-0.25, -0.2) is 0 Å². The predicted octanol–water partition coefficient (Wildman–Crippen LogP) is 3.42. The van der Waals surface area contributed by atoms with Gasteiger partial charge in [-0.1, -0.05) is 6.07 Å². The Balaban J connectivity index is 2.16. The lowest BCUT2D eigenvalue weighted by atomic mass is 10.1. The number of likely N-dealkylation sites (N-methyl/N-ethyl adjacent to an activating group) is 1. The molecule has 0 saturated heterocycles. The van der Waals surface area contributed by atoms with E-state index in [1.807, 2.05) is 6.92 Å². The largest absolute Gasteiger partial charge is 0.497 e. The molecule has 0 saturated carbocycles. The predicted molar refractivity (Wildman–Crippen MR) is 115 cm³/mol. The van der Waals surface area contributed by atoms with E-state index in [-0.39, 0.29) is 18.4 Å². The van der Waals surface area contributed by atoms with E-state index in [2.05, 4.69) is 27.9 Å². The average molecular weight is 498 g/mol. The summed E-state index contributed by atoms with van der Waals surface area (Å²) in [4.78, 5) is 26.9. The topological polar surface area (TPSA) is 77.1 Å². The number of nitrogens with one attached hydrogen (secondary N) is 1. The molecule has 0 aromatic heterocycles. The molecule has 8 heteroatoms. The summed E-state index contributed by atoms with van der Waals surface area (Å²) in [5.41, 5.74) is 1.06. The molecule has 0 heterocycles. The maximum atomic E-state index is 13.0. The van der Waals surface area contributed by atoms with Gasteiger partial charge in [0.1, 0.15) is 12.3 Å². The van der Waals surface area contributed by atoms with E-state index in [0.717, 1.165) is 0 Å². The van der Waals surface area contributed by atoms with Gasteiger partial charge in [-0.05, 0) is 53.8 Å². The molecule has 0 radical (unpaired) electrons. The summed E-state index contributed by atoms with van der Waals surface area (Å²) in [6.45, 7) is 2.14. The number of anilines is 1. The highest BCUT2D eigenvalue weighted by molar-refractivity contribution is 14.1. The molecule has 2 amide bonds. The van der Waals surface area contributed by atoms with Crippen LogP contribution in [0.3, 0.4) is 0 Å². The van der Waals surface area contributed by atoms with E-state index in [4.69, 9.17) is 14.2 Å². The summed E-state index contributed by atoms with van der Waals surface area (Å²) in [5.74, 6) is 1.10. The molecule has 0 aliphatic carbocycles. The van der Waals surface area contributed by atoms with Crippen molar-refractivity contribution in [3.05, 3.63) is 45.5 Å². The Morgan fingerprint density at radius 1 is 1.04 bits per heavy atom. The van der Waals surface area contributed by atoms with Crippen molar-refractivity contribution < 1.29 is 23.8 Å². The molecule has 0 fully saturated rings. The van der Waals surface area contributed by atoms with E-state index in [1.165, 1.54) is 19.1 Å². The minimum atomic E-state index is -0.293. The lowest BCUT2D eigenvalue weighted by molar-refractivity contribution is -0.116. The third-order valence-electron chi connectivity index (χ3n) is 4.06. The fourth-order valence-corrected chi connectivity index (χ4v) is 3.26. The first-order valence-electron chi connectivity index (χ1n) is 8.58. The Labute approximate surface area is 178 Å². The molecule has 0 bridgehead atoms. The van der Waals surface area contributed by atoms with Gasteiger partial charge in [0.2, 0.25) is 5.91 Å². The van der Waals surface area contributed by atoms with Gasteiger partial charge in [0.05, 0.1) is 26.9 Å². The lowest BCUT2D eigenvalue weighted by Crippen LogP contribution is -2.38.